The molecule has 0 bridgehead atoms. The standard InChI is InChI=1S/3C4H10N.C2H5.H2N.Ta/c3*1-3-5-4-2;1-2;;/h3*3-4H2,1-2H3;1H2,2H3;1H2;/q3*-1;;-1;+4. The minimum atomic E-state index is -3.79. The summed E-state index contributed by atoms with van der Waals surface area (Å²) in [6, 6.07) is 0. The van der Waals surface area contributed by atoms with E-state index in [0.717, 1.165) is 43.9 Å². The first-order valence-electron chi connectivity index (χ1n) is 8.02. The Morgan fingerprint density at radius 2 is 0.789 bits per heavy atom. The quantitative estimate of drug-likeness (QED) is 0.565. The van der Waals surface area contributed by atoms with E-state index in [0.29, 0.717) is 0 Å². The van der Waals surface area contributed by atoms with Crippen LogP contribution in [0.2, 0.25) is 4.64 Å². The second-order valence-electron chi connectivity index (χ2n) is 4.95. The van der Waals surface area contributed by atoms with Crippen molar-refractivity contribution in [3.05, 3.63) is 0 Å². The van der Waals surface area contributed by atoms with Crippen LogP contribution in [0.5, 0.6) is 0 Å². The zero-order chi connectivity index (χ0) is 15.1. The van der Waals surface area contributed by atoms with Gasteiger partial charge in [-0.05, 0) is 0 Å². The summed E-state index contributed by atoms with van der Waals surface area (Å²) in [7, 11) is 0. The summed E-state index contributed by atoms with van der Waals surface area (Å²) in [5.41, 5.74) is 0. The Hall–Kier alpha value is 0.580. The first-order valence-corrected chi connectivity index (χ1v) is 16.5. The molecule has 0 amide bonds. The van der Waals surface area contributed by atoms with Crippen molar-refractivity contribution in [2.24, 2.45) is 4.14 Å². The van der Waals surface area contributed by atoms with Crippen LogP contribution in [0.4, 0.5) is 0 Å². The van der Waals surface area contributed by atoms with E-state index in [-0.39, 0.29) is 0 Å². The van der Waals surface area contributed by atoms with Gasteiger partial charge in [0.2, 0.25) is 0 Å². The van der Waals surface area contributed by atoms with E-state index in [1.165, 1.54) is 0 Å². The molecule has 2 N–H and O–H groups in total. The first kappa shape index (κ1) is 19.6. The van der Waals surface area contributed by atoms with Gasteiger partial charge in [-0.25, -0.2) is 0 Å². The van der Waals surface area contributed by atoms with Gasteiger partial charge in [-0.15, -0.1) is 0 Å². The van der Waals surface area contributed by atoms with Crippen LogP contribution in [-0.2, 0) is 16.9 Å². The van der Waals surface area contributed by atoms with E-state index < -0.39 is 16.9 Å². The van der Waals surface area contributed by atoms with Gasteiger partial charge in [0.25, 0.3) is 0 Å². The summed E-state index contributed by atoms with van der Waals surface area (Å²) in [6.07, 6.45) is 0. The summed E-state index contributed by atoms with van der Waals surface area (Å²) in [6.45, 7) is 22.2. The van der Waals surface area contributed by atoms with Crippen LogP contribution in [0.25, 0.3) is 0 Å². The van der Waals surface area contributed by atoms with Crippen molar-refractivity contribution in [3.63, 3.8) is 0 Å². The zero-order valence-electron chi connectivity index (χ0n) is 14.3. The van der Waals surface area contributed by atoms with Crippen molar-refractivity contribution >= 4 is 0 Å². The number of hydrogen-bond acceptors (Lipinski definition) is 4. The molecule has 0 aromatic rings. The fraction of sp³-hybridized carbons (Fsp3) is 1.00. The number of nitrogens with zero attached hydrogens (tertiary/aromatic N) is 3. The number of rotatable bonds is 10. The minimum absolute atomic E-state index is 1.06. The SMILES string of the molecule is CC[N](CC)[Ta]([NH2])([CH2]C)([N](CC)CC)[N](CC)CC. The monoisotopic (exact) mass is 442 g/mol. The van der Waals surface area contributed by atoms with Crippen LogP contribution < -0.4 is 4.14 Å². The molecular formula is C14H37N4Ta. The predicted octanol–water partition coefficient (Wildman–Crippen LogP) is 2.76. The molecule has 0 aromatic heterocycles. The molecule has 19 heavy (non-hydrogen) atoms. The normalized spacial score (nSPS) is 15.2. The Balaban J connectivity index is 6.03. The maximum absolute atomic E-state index is 7.41. The summed E-state index contributed by atoms with van der Waals surface area (Å²) in [5.74, 6) is 0. The Labute approximate surface area is 123 Å². The van der Waals surface area contributed by atoms with Crippen molar-refractivity contribution in [1.82, 2.24) is 9.91 Å². The van der Waals surface area contributed by atoms with E-state index in [4.69, 9.17) is 4.14 Å². The van der Waals surface area contributed by atoms with Crippen LogP contribution in [0, 0.1) is 0 Å². The average Bonchev–Trinajstić information content (AvgIpc) is 2.42. The van der Waals surface area contributed by atoms with E-state index in [9.17, 15) is 0 Å². The Kier molecular flexibility index (Phi) is 8.38. The number of nitrogens with two attached hydrogens (primary N) is 1. The van der Waals surface area contributed by atoms with Crippen molar-refractivity contribution in [1.29, 1.82) is 0 Å². The third-order valence-electron chi connectivity index (χ3n) is 4.65. The van der Waals surface area contributed by atoms with Crippen LogP contribution >= 0.6 is 0 Å². The summed E-state index contributed by atoms with van der Waals surface area (Å²) in [5, 5.41) is 0. The van der Waals surface area contributed by atoms with Crippen molar-refractivity contribution in [2.45, 2.75) is 53.1 Å². The van der Waals surface area contributed by atoms with Crippen LogP contribution in [0.1, 0.15) is 48.5 Å². The predicted molar refractivity (Wildman–Crippen MR) is 83.4 cm³/mol. The Morgan fingerprint density at radius 3 is 0.895 bits per heavy atom. The second kappa shape index (κ2) is 8.13. The summed E-state index contributed by atoms with van der Waals surface area (Å²) >= 11 is -3.79. The van der Waals surface area contributed by atoms with Gasteiger partial charge in [-0.1, -0.05) is 0 Å². The Bertz CT molecular complexity index is 214. The van der Waals surface area contributed by atoms with Gasteiger partial charge in [0, 0.05) is 0 Å². The average molecular weight is 442 g/mol. The molecule has 0 spiro atoms. The molecule has 0 saturated heterocycles. The molecule has 0 aliphatic rings. The van der Waals surface area contributed by atoms with Gasteiger partial charge < -0.3 is 0 Å². The van der Waals surface area contributed by atoms with Crippen LogP contribution in [-0.4, -0.2) is 49.2 Å². The topological polar surface area (TPSA) is 35.7 Å². The van der Waals surface area contributed by atoms with Gasteiger partial charge in [-0.2, -0.15) is 0 Å². The van der Waals surface area contributed by atoms with Gasteiger partial charge >= 0.3 is 123 Å². The van der Waals surface area contributed by atoms with E-state index >= 15 is 0 Å². The van der Waals surface area contributed by atoms with Crippen molar-refractivity contribution in [3.8, 4) is 0 Å². The van der Waals surface area contributed by atoms with Gasteiger partial charge in [0.1, 0.15) is 0 Å². The van der Waals surface area contributed by atoms with Crippen LogP contribution in [0.3, 0.4) is 0 Å². The molecule has 0 heterocycles. The molecule has 0 atom stereocenters. The second-order valence-corrected chi connectivity index (χ2v) is 22.1. The molecule has 4 nitrogen and oxygen atoms in total. The molecule has 0 aromatic carbocycles. The van der Waals surface area contributed by atoms with Crippen molar-refractivity contribution in [2.75, 3.05) is 39.3 Å². The summed E-state index contributed by atoms with van der Waals surface area (Å²) in [4.78, 5) is 0. The molecule has 0 fully saturated rings. The van der Waals surface area contributed by atoms with E-state index in [1.807, 2.05) is 0 Å². The van der Waals surface area contributed by atoms with Gasteiger partial charge in [-0.3, -0.25) is 0 Å². The maximum atomic E-state index is 7.41. The van der Waals surface area contributed by atoms with Gasteiger partial charge in [0.15, 0.2) is 0 Å². The molecule has 0 rings (SSSR count). The molecule has 118 valence electrons. The molecule has 0 saturated carbocycles. The third kappa shape index (κ3) is 3.10. The third-order valence-corrected chi connectivity index (χ3v) is 28.4. The van der Waals surface area contributed by atoms with E-state index in [2.05, 4.69) is 58.4 Å². The molecule has 5 heteroatoms. The molecule has 0 aliphatic heterocycles. The van der Waals surface area contributed by atoms with Gasteiger partial charge in [0.05, 0.1) is 0 Å². The van der Waals surface area contributed by atoms with E-state index in [1.54, 1.807) is 0 Å². The first-order chi connectivity index (χ1) is 8.94. The van der Waals surface area contributed by atoms with Crippen LogP contribution in [0.15, 0.2) is 0 Å². The van der Waals surface area contributed by atoms with Crippen molar-refractivity contribution < 1.29 is 16.9 Å². The molecule has 0 unspecified atom stereocenters. The zero-order valence-corrected chi connectivity index (χ0v) is 17.5. The number of hydrogen-bond donors (Lipinski definition) is 1. The summed E-state index contributed by atoms with van der Waals surface area (Å²) < 4.78 is 16.4. The fourth-order valence-electron chi connectivity index (χ4n) is 3.66. The molecule has 0 radical (unpaired) electrons. The Morgan fingerprint density at radius 1 is 0.579 bits per heavy atom. The molecule has 0 aliphatic carbocycles. The fourth-order valence-corrected chi connectivity index (χ4v) is 25.1. The molecular weight excluding hydrogens is 405 g/mol.